The number of benzene rings is 1. The summed E-state index contributed by atoms with van der Waals surface area (Å²) in [5.74, 6) is 0. The van der Waals surface area contributed by atoms with Crippen molar-refractivity contribution in [1.82, 2.24) is 4.90 Å². The molecule has 1 N–H and O–H groups in total. The second-order valence-corrected chi connectivity index (χ2v) is 8.64. The molecule has 5 rings (SSSR count). The number of carbonyl (C=O) groups is 1. The minimum absolute atomic E-state index is 0.181. The second-order valence-electron chi connectivity index (χ2n) is 6.95. The van der Waals surface area contributed by atoms with Gasteiger partial charge >= 0.3 is 6.09 Å². The van der Waals surface area contributed by atoms with Gasteiger partial charge in [0.2, 0.25) is 0 Å². The fourth-order valence-corrected chi connectivity index (χ4v) is 4.92. The van der Waals surface area contributed by atoms with E-state index in [-0.39, 0.29) is 5.41 Å². The van der Waals surface area contributed by atoms with Gasteiger partial charge in [0.15, 0.2) is 0 Å². The Balaban J connectivity index is 1.41. The number of carbonyl (C=O) groups excluding carboxylic acids is 1. The third kappa shape index (κ3) is 3.68. The average Bonchev–Trinajstić information content (AvgIpc) is 3.02. The number of ether oxygens (including phenoxy) is 1. The normalized spacial score (nSPS) is 24.9. The minimum atomic E-state index is -0.394. The van der Waals surface area contributed by atoms with Crippen molar-refractivity contribution in [2.24, 2.45) is 5.41 Å². The minimum Gasteiger partial charge on any atom is -0.449 e. The molecule has 4 nitrogen and oxygen atoms in total. The highest BCUT2D eigenvalue weighted by Gasteiger charge is 2.40. The molecule has 132 valence electrons. The molecule has 0 unspecified atom stereocenters. The number of amides is 1. The molecule has 0 radical (unpaired) electrons. The van der Waals surface area contributed by atoms with Gasteiger partial charge in [-0.15, -0.1) is 11.3 Å². The van der Waals surface area contributed by atoms with E-state index in [4.69, 9.17) is 16.3 Å². The maximum atomic E-state index is 12.3. The lowest BCUT2D eigenvalue weighted by molar-refractivity contribution is -0.0189. The molecular weight excluding hydrogens is 356 g/mol. The number of thiophene rings is 1. The molecule has 3 saturated heterocycles. The molecule has 0 aliphatic carbocycles. The van der Waals surface area contributed by atoms with Crippen LogP contribution in [0.2, 0.25) is 4.34 Å². The summed E-state index contributed by atoms with van der Waals surface area (Å²) in [6.45, 7) is 3.89. The molecule has 3 fully saturated rings. The van der Waals surface area contributed by atoms with E-state index in [1.54, 1.807) is 6.07 Å². The SMILES string of the molecule is O=C(Nc1cc(Cl)sc1-c1ccccc1)OCC12CCN(CC1)CC2. The van der Waals surface area contributed by atoms with Crippen molar-refractivity contribution in [1.29, 1.82) is 0 Å². The molecule has 2 bridgehead atoms. The van der Waals surface area contributed by atoms with Crippen molar-refractivity contribution in [3.05, 3.63) is 40.7 Å². The van der Waals surface area contributed by atoms with Crippen LogP contribution in [-0.4, -0.2) is 37.2 Å². The van der Waals surface area contributed by atoms with Gasteiger partial charge in [-0.3, -0.25) is 5.32 Å². The zero-order valence-corrected chi connectivity index (χ0v) is 15.5. The molecule has 1 aromatic carbocycles. The Morgan fingerprint density at radius 2 is 1.88 bits per heavy atom. The van der Waals surface area contributed by atoms with Gasteiger partial charge in [0, 0.05) is 5.41 Å². The third-order valence-electron chi connectivity index (χ3n) is 5.36. The van der Waals surface area contributed by atoms with E-state index >= 15 is 0 Å². The Hall–Kier alpha value is -1.56. The maximum Gasteiger partial charge on any atom is 0.411 e. The molecule has 3 aliphatic heterocycles. The van der Waals surface area contributed by atoms with E-state index in [1.807, 2.05) is 30.3 Å². The fourth-order valence-electron chi connectivity index (χ4n) is 3.74. The number of fused-ring (bicyclic) bond motifs is 3. The number of anilines is 1. The highest BCUT2D eigenvalue weighted by molar-refractivity contribution is 7.20. The molecule has 0 saturated carbocycles. The largest absolute Gasteiger partial charge is 0.449 e. The van der Waals surface area contributed by atoms with Crippen LogP contribution < -0.4 is 5.32 Å². The lowest BCUT2D eigenvalue weighted by Crippen LogP contribution is -2.50. The van der Waals surface area contributed by atoms with Crippen LogP contribution in [-0.2, 0) is 4.74 Å². The van der Waals surface area contributed by atoms with Crippen molar-refractivity contribution >= 4 is 34.7 Å². The van der Waals surface area contributed by atoms with Crippen LogP contribution in [0.4, 0.5) is 10.5 Å². The van der Waals surface area contributed by atoms with Crippen molar-refractivity contribution in [3.8, 4) is 10.4 Å². The standard InChI is InChI=1S/C19H21ClN2O2S/c20-16-12-15(17(25-16)14-4-2-1-3-5-14)21-18(23)24-13-19-6-9-22(10-7-19)11-8-19/h1-5,12H,6-11,13H2,(H,21,23). The van der Waals surface area contributed by atoms with Gasteiger partial charge < -0.3 is 9.64 Å². The first-order valence-corrected chi connectivity index (χ1v) is 9.84. The fraction of sp³-hybridized carbons (Fsp3) is 0.421. The topological polar surface area (TPSA) is 41.6 Å². The van der Waals surface area contributed by atoms with Crippen LogP contribution in [0.1, 0.15) is 19.3 Å². The number of piperidine rings is 3. The number of halogens is 1. The van der Waals surface area contributed by atoms with Gasteiger partial charge in [-0.2, -0.15) is 0 Å². The molecule has 1 aromatic heterocycles. The molecule has 6 heteroatoms. The quantitative estimate of drug-likeness (QED) is 0.806. The Morgan fingerprint density at radius 1 is 1.20 bits per heavy atom. The zero-order chi connectivity index (χ0) is 17.3. The van der Waals surface area contributed by atoms with E-state index < -0.39 is 6.09 Å². The van der Waals surface area contributed by atoms with Crippen LogP contribution in [0.25, 0.3) is 10.4 Å². The number of nitrogens with one attached hydrogen (secondary N) is 1. The van der Waals surface area contributed by atoms with Gasteiger partial charge in [0.05, 0.1) is 21.5 Å². The molecular formula is C19H21ClN2O2S. The van der Waals surface area contributed by atoms with Crippen molar-refractivity contribution in [2.75, 3.05) is 31.6 Å². The summed E-state index contributed by atoms with van der Waals surface area (Å²) in [4.78, 5) is 15.8. The summed E-state index contributed by atoms with van der Waals surface area (Å²) in [5.41, 5.74) is 1.93. The third-order valence-corrected chi connectivity index (χ3v) is 6.67. The molecule has 4 heterocycles. The maximum absolute atomic E-state index is 12.3. The second kappa shape index (κ2) is 6.98. The van der Waals surface area contributed by atoms with E-state index in [2.05, 4.69) is 10.2 Å². The van der Waals surface area contributed by atoms with Crippen molar-refractivity contribution in [3.63, 3.8) is 0 Å². The van der Waals surface area contributed by atoms with Crippen molar-refractivity contribution < 1.29 is 9.53 Å². The Kier molecular flexibility index (Phi) is 4.71. The first-order valence-electron chi connectivity index (χ1n) is 8.65. The Labute approximate surface area is 156 Å². The smallest absolute Gasteiger partial charge is 0.411 e. The molecule has 0 spiro atoms. The first kappa shape index (κ1) is 16.9. The van der Waals surface area contributed by atoms with E-state index in [0.29, 0.717) is 16.6 Å². The van der Waals surface area contributed by atoms with E-state index in [9.17, 15) is 4.79 Å². The summed E-state index contributed by atoms with van der Waals surface area (Å²) >= 11 is 7.62. The van der Waals surface area contributed by atoms with E-state index in [1.165, 1.54) is 11.3 Å². The van der Waals surface area contributed by atoms with Crippen molar-refractivity contribution in [2.45, 2.75) is 19.3 Å². The van der Waals surface area contributed by atoms with E-state index in [0.717, 1.165) is 49.3 Å². The van der Waals surface area contributed by atoms with Gasteiger partial charge in [-0.1, -0.05) is 41.9 Å². The monoisotopic (exact) mass is 376 g/mol. The number of hydrogen-bond acceptors (Lipinski definition) is 4. The summed E-state index contributed by atoms with van der Waals surface area (Å²) < 4.78 is 6.24. The Bertz CT molecular complexity index is 740. The van der Waals surface area contributed by atoms with Gasteiger partial charge in [-0.25, -0.2) is 4.79 Å². The van der Waals surface area contributed by atoms with Gasteiger partial charge in [-0.05, 0) is 50.5 Å². The summed E-state index contributed by atoms with van der Waals surface area (Å²) in [6, 6.07) is 11.7. The molecule has 3 aliphatic rings. The van der Waals surface area contributed by atoms with Gasteiger partial charge in [0.25, 0.3) is 0 Å². The predicted molar refractivity (Wildman–Crippen MR) is 102 cm³/mol. The first-order chi connectivity index (χ1) is 12.1. The molecule has 25 heavy (non-hydrogen) atoms. The number of hydrogen-bond donors (Lipinski definition) is 1. The van der Waals surface area contributed by atoms with Crippen LogP contribution in [0, 0.1) is 5.41 Å². The van der Waals surface area contributed by atoms with Crippen LogP contribution >= 0.6 is 22.9 Å². The molecule has 2 aromatic rings. The average molecular weight is 377 g/mol. The summed E-state index contributed by atoms with van der Waals surface area (Å²) in [5, 5.41) is 2.88. The van der Waals surface area contributed by atoms with Gasteiger partial charge in [0.1, 0.15) is 0 Å². The van der Waals surface area contributed by atoms with Crippen LogP contribution in [0.3, 0.4) is 0 Å². The number of nitrogens with zero attached hydrogens (tertiary/aromatic N) is 1. The number of rotatable bonds is 4. The predicted octanol–water partition coefficient (Wildman–Crippen LogP) is 5.10. The summed E-state index contributed by atoms with van der Waals surface area (Å²) in [6.07, 6.45) is 2.98. The molecule has 1 amide bonds. The lowest BCUT2D eigenvalue weighted by Gasteiger charge is -2.47. The molecule has 0 atom stereocenters. The van der Waals surface area contributed by atoms with Crippen LogP contribution in [0.5, 0.6) is 0 Å². The highest BCUT2D eigenvalue weighted by Crippen LogP contribution is 2.41. The van der Waals surface area contributed by atoms with Crippen LogP contribution in [0.15, 0.2) is 36.4 Å². The Morgan fingerprint density at radius 3 is 2.56 bits per heavy atom. The zero-order valence-electron chi connectivity index (χ0n) is 14.0. The summed E-state index contributed by atoms with van der Waals surface area (Å²) in [7, 11) is 0. The highest BCUT2D eigenvalue weighted by atomic mass is 35.5. The lowest BCUT2D eigenvalue weighted by atomic mass is 9.73.